The maximum absolute atomic E-state index is 11.9. The summed E-state index contributed by atoms with van der Waals surface area (Å²) in [7, 11) is 1.32. The second kappa shape index (κ2) is 6.44. The molecular weight excluding hydrogens is 212 g/mol. The van der Waals surface area contributed by atoms with Crippen molar-refractivity contribution in [2.45, 2.75) is 13.0 Å². The van der Waals surface area contributed by atoms with Gasteiger partial charge in [0.2, 0.25) is 5.91 Å². The van der Waals surface area contributed by atoms with Crippen molar-refractivity contribution < 1.29 is 19.1 Å². The van der Waals surface area contributed by atoms with Crippen LogP contribution in [0.15, 0.2) is 0 Å². The summed E-state index contributed by atoms with van der Waals surface area (Å²) in [4.78, 5) is 24.5. The predicted octanol–water partition coefficient (Wildman–Crippen LogP) is -1.00. The van der Waals surface area contributed by atoms with Crippen LogP contribution < -0.4 is 5.32 Å². The van der Waals surface area contributed by atoms with Crippen molar-refractivity contribution in [3.63, 3.8) is 0 Å². The minimum Gasteiger partial charge on any atom is -0.468 e. The van der Waals surface area contributed by atoms with E-state index in [0.29, 0.717) is 26.3 Å². The predicted molar refractivity (Wildman–Crippen MR) is 56.9 cm³/mol. The molecule has 0 bridgehead atoms. The number of carbonyl (C=O) groups is 2. The number of morpholine rings is 1. The summed E-state index contributed by atoms with van der Waals surface area (Å²) in [5.41, 5.74) is 0. The van der Waals surface area contributed by atoms with Gasteiger partial charge in [-0.15, -0.1) is 0 Å². The Hall–Kier alpha value is -1.14. The molecule has 0 aromatic carbocycles. The highest BCUT2D eigenvalue weighted by Gasteiger charge is 2.22. The lowest BCUT2D eigenvalue weighted by atomic mass is 10.2. The average Bonchev–Trinajstić information content (AvgIpc) is 2.35. The number of hydrogen-bond donors (Lipinski definition) is 1. The molecule has 1 N–H and O–H groups in total. The van der Waals surface area contributed by atoms with Gasteiger partial charge in [0.25, 0.3) is 0 Å². The van der Waals surface area contributed by atoms with Gasteiger partial charge in [-0.1, -0.05) is 0 Å². The van der Waals surface area contributed by atoms with E-state index < -0.39 is 0 Å². The van der Waals surface area contributed by atoms with Crippen LogP contribution in [-0.4, -0.2) is 62.8 Å². The quantitative estimate of drug-likeness (QED) is 0.627. The Morgan fingerprint density at radius 2 is 2.06 bits per heavy atom. The highest BCUT2D eigenvalue weighted by molar-refractivity contribution is 5.82. The molecule has 0 aliphatic carbocycles. The maximum Gasteiger partial charge on any atom is 0.319 e. The molecule has 0 saturated carbocycles. The van der Waals surface area contributed by atoms with Gasteiger partial charge < -0.3 is 14.4 Å². The van der Waals surface area contributed by atoms with E-state index in [2.05, 4.69) is 10.1 Å². The Balaban J connectivity index is 2.31. The molecule has 1 unspecified atom stereocenters. The monoisotopic (exact) mass is 230 g/mol. The summed E-state index contributed by atoms with van der Waals surface area (Å²) in [6.07, 6.45) is 0. The molecule has 1 saturated heterocycles. The second-order valence-electron chi connectivity index (χ2n) is 3.62. The molecule has 16 heavy (non-hydrogen) atoms. The summed E-state index contributed by atoms with van der Waals surface area (Å²) < 4.78 is 9.64. The Bertz CT molecular complexity index is 251. The number of carbonyl (C=O) groups excluding carboxylic acids is 2. The molecule has 92 valence electrons. The van der Waals surface area contributed by atoms with Gasteiger partial charge in [0.05, 0.1) is 32.9 Å². The highest BCUT2D eigenvalue weighted by Crippen LogP contribution is 2.00. The summed E-state index contributed by atoms with van der Waals surface area (Å²) in [6, 6.07) is -0.378. The lowest BCUT2D eigenvalue weighted by molar-refractivity contribution is -0.140. The maximum atomic E-state index is 11.9. The van der Waals surface area contributed by atoms with Crippen molar-refractivity contribution in [2.75, 3.05) is 40.0 Å². The fourth-order valence-electron chi connectivity index (χ4n) is 1.45. The van der Waals surface area contributed by atoms with Crippen molar-refractivity contribution >= 4 is 11.9 Å². The van der Waals surface area contributed by atoms with Gasteiger partial charge in [-0.25, -0.2) is 0 Å². The summed E-state index contributed by atoms with van der Waals surface area (Å²) in [5, 5.41) is 2.82. The molecule has 0 spiro atoms. The number of ether oxygens (including phenoxy) is 2. The van der Waals surface area contributed by atoms with Crippen LogP contribution in [0.2, 0.25) is 0 Å². The molecule has 1 rings (SSSR count). The topological polar surface area (TPSA) is 67.9 Å². The Labute approximate surface area is 94.9 Å². The Morgan fingerprint density at radius 1 is 1.44 bits per heavy atom. The van der Waals surface area contributed by atoms with Crippen LogP contribution in [0, 0.1) is 0 Å². The zero-order valence-corrected chi connectivity index (χ0v) is 9.69. The van der Waals surface area contributed by atoms with E-state index in [4.69, 9.17) is 4.74 Å². The van der Waals surface area contributed by atoms with Crippen LogP contribution in [0.1, 0.15) is 6.92 Å². The zero-order chi connectivity index (χ0) is 12.0. The van der Waals surface area contributed by atoms with Crippen molar-refractivity contribution in [1.82, 2.24) is 10.2 Å². The van der Waals surface area contributed by atoms with Crippen molar-refractivity contribution in [1.29, 1.82) is 0 Å². The van der Waals surface area contributed by atoms with Gasteiger partial charge >= 0.3 is 5.97 Å². The van der Waals surface area contributed by atoms with Crippen LogP contribution in [0.25, 0.3) is 0 Å². The molecule has 0 radical (unpaired) electrons. The average molecular weight is 230 g/mol. The first kappa shape index (κ1) is 12.9. The molecule has 6 heteroatoms. The van der Waals surface area contributed by atoms with E-state index in [9.17, 15) is 9.59 Å². The van der Waals surface area contributed by atoms with E-state index in [1.54, 1.807) is 11.8 Å². The van der Waals surface area contributed by atoms with Crippen LogP contribution in [0.3, 0.4) is 0 Å². The summed E-state index contributed by atoms with van der Waals surface area (Å²) >= 11 is 0. The number of hydrogen-bond acceptors (Lipinski definition) is 5. The van der Waals surface area contributed by atoms with E-state index in [-0.39, 0.29) is 24.5 Å². The fourth-order valence-corrected chi connectivity index (χ4v) is 1.45. The van der Waals surface area contributed by atoms with Crippen LogP contribution in [0.5, 0.6) is 0 Å². The first-order chi connectivity index (χ1) is 7.65. The van der Waals surface area contributed by atoms with Gasteiger partial charge in [-0.05, 0) is 6.92 Å². The molecule has 1 atom stereocenters. The SMILES string of the molecule is COC(=O)CNC(C)C(=O)N1CCOCC1. The minimum atomic E-state index is -0.378. The fraction of sp³-hybridized carbons (Fsp3) is 0.800. The smallest absolute Gasteiger partial charge is 0.319 e. The molecule has 1 aliphatic rings. The van der Waals surface area contributed by atoms with Crippen LogP contribution in [0.4, 0.5) is 0 Å². The molecule has 1 fully saturated rings. The number of amides is 1. The largest absolute Gasteiger partial charge is 0.468 e. The van der Waals surface area contributed by atoms with Crippen molar-refractivity contribution in [3.8, 4) is 0 Å². The third kappa shape index (κ3) is 3.79. The standard InChI is InChI=1S/C10H18N2O4/c1-8(11-7-9(13)15-2)10(14)12-3-5-16-6-4-12/h8,11H,3-7H2,1-2H3. The number of nitrogens with one attached hydrogen (secondary N) is 1. The van der Waals surface area contributed by atoms with Gasteiger partial charge in [-0.2, -0.15) is 0 Å². The zero-order valence-electron chi connectivity index (χ0n) is 9.69. The number of methoxy groups -OCH3 is 1. The molecule has 6 nitrogen and oxygen atoms in total. The van der Waals surface area contributed by atoms with Gasteiger partial charge in [0.1, 0.15) is 0 Å². The first-order valence-corrected chi connectivity index (χ1v) is 5.32. The lowest BCUT2D eigenvalue weighted by Gasteiger charge is -2.29. The summed E-state index contributed by atoms with van der Waals surface area (Å²) in [6.45, 7) is 4.17. The number of nitrogens with zero attached hydrogens (tertiary/aromatic N) is 1. The summed E-state index contributed by atoms with van der Waals surface area (Å²) in [5.74, 6) is -0.381. The highest BCUT2D eigenvalue weighted by atomic mass is 16.5. The number of rotatable bonds is 4. The van der Waals surface area contributed by atoms with Gasteiger partial charge in [0.15, 0.2) is 0 Å². The minimum absolute atomic E-state index is 0.00722. The van der Waals surface area contributed by atoms with E-state index in [0.717, 1.165) is 0 Å². The molecule has 1 aliphatic heterocycles. The number of esters is 1. The third-order valence-corrected chi connectivity index (χ3v) is 2.47. The van der Waals surface area contributed by atoms with Gasteiger partial charge in [-0.3, -0.25) is 14.9 Å². The molecule has 1 amide bonds. The third-order valence-electron chi connectivity index (χ3n) is 2.47. The Kier molecular flexibility index (Phi) is 5.21. The Morgan fingerprint density at radius 3 is 2.62 bits per heavy atom. The van der Waals surface area contributed by atoms with E-state index in [1.165, 1.54) is 7.11 Å². The molecular formula is C10H18N2O4. The second-order valence-corrected chi connectivity index (χ2v) is 3.62. The van der Waals surface area contributed by atoms with Crippen molar-refractivity contribution in [3.05, 3.63) is 0 Å². The van der Waals surface area contributed by atoms with E-state index >= 15 is 0 Å². The molecule has 0 aromatic heterocycles. The molecule has 0 aromatic rings. The van der Waals surface area contributed by atoms with Crippen LogP contribution in [-0.2, 0) is 19.1 Å². The van der Waals surface area contributed by atoms with E-state index in [1.807, 2.05) is 0 Å². The lowest BCUT2D eigenvalue weighted by Crippen LogP contribution is -2.50. The van der Waals surface area contributed by atoms with Crippen molar-refractivity contribution in [2.24, 2.45) is 0 Å². The van der Waals surface area contributed by atoms with Gasteiger partial charge in [0, 0.05) is 13.1 Å². The first-order valence-electron chi connectivity index (χ1n) is 5.32. The normalized spacial score (nSPS) is 18.0. The van der Waals surface area contributed by atoms with Crippen LogP contribution >= 0.6 is 0 Å². The molecule has 1 heterocycles.